The van der Waals surface area contributed by atoms with Crippen LogP contribution in [0.2, 0.25) is 0 Å². The lowest BCUT2D eigenvalue weighted by Crippen LogP contribution is -2.57. The number of sulfone groups is 1. The van der Waals surface area contributed by atoms with E-state index >= 15 is 0 Å². The normalized spacial score (nSPS) is 25.6. The predicted molar refractivity (Wildman–Crippen MR) is 70.4 cm³/mol. The quantitative estimate of drug-likeness (QED) is 0.815. The van der Waals surface area contributed by atoms with Crippen molar-refractivity contribution in [2.45, 2.75) is 56.9 Å². The number of likely N-dealkylation sites (N-methyl/N-ethyl adjacent to an activating group) is 1. The molecule has 2 unspecified atom stereocenters. The first-order valence-electron chi connectivity index (χ1n) is 6.31. The summed E-state index contributed by atoms with van der Waals surface area (Å²) in [6.45, 7) is 5.69. The van der Waals surface area contributed by atoms with Crippen LogP contribution < -0.4 is 0 Å². The lowest BCUT2D eigenvalue weighted by Gasteiger charge is -2.40. The molecule has 0 aromatic heterocycles. The van der Waals surface area contributed by atoms with Gasteiger partial charge in [0.15, 0.2) is 9.84 Å². The summed E-state index contributed by atoms with van der Waals surface area (Å²) in [5.41, 5.74) is -1.04. The molecule has 106 valence electrons. The Kier molecular flexibility index (Phi) is 4.43. The Morgan fingerprint density at radius 2 is 1.94 bits per heavy atom. The van der Waals surface area contributed by atoms with Crippen LogP contribution in [0.15, 0.2) is 0 Å². The van der Waals surface area contributed by atoms with E-state index in [2.05, 4.69) is 0 Å². The first-order chi connectivity index (χ1) is 8.12. The van der Waals surface area contributed by atoms with Crippen LogP contribution in [-0.4, -0.2) is 54.0 Å². The highest BCUT2D eigenvalue weighted by molar-refractivity contribution is 7.91. The molecule has 1 fully saturated rings. The lowest BCUT2D eigenvalue weighted by molar-refractivity contribution is -0.150. The number of carboxylic acids is 1. The second-order valence-corrected chi connectivity index (χ2v) is 7.78. The first-order valence-corrected chi connectivity index (χ1v) is 8.26. The van der Waals surface area contributed by atoms with Crippen molar-refractivity contribution in [3.63, 3.8) is 0 Å². The molecule has 0 bridgehead atoms. The summed E-state index contributed by atoms with van der Waals surface area (Å²) in [4.78, 5) is 13.2. The van der Waals surface area contributed by atoms with E-state index in [-0.39, 0.29) is 6.04 Å². The van der Waals surface area contributed by atoms with Crippen molar-refractivity contribution in [2.24, 2.45) is 0 Å². The summed E-state index contributed by atoms with van der Waals surface area (Å²) < 4.78 is 23.6. The van der Waals surface area contributed by atoms with Gasteiger partial charge in [-0.3, -0.25) is 9.69 Å². The molecule has 0 radical (unpaired) electrons. The van der Waals surface area contributed by atoms with Crippen LogP contribution in [0.3, 0.4) is 0 Å². The van der Waals surface area contributed by atoms with Gasteiger partial charge in [0.25, 0.3) is 0 Å². The van der Waals surface area contributed by atoms with Gasteiger partial charge in [-0.15, -0.1) is 0 Å². The van der Waals surface area contributed by atoms with Gasteiger partial charge in [0.1, 0.15) is 5.54 Å². The van der Waals surface area contributed by atoms with Crippen LogP contribution in [0.1, 0.15) is 40.0 Å². The zero-order valence-corrected chi connectivity index (χ0v) is 12.3. The van der Waals surface area contributed by atoms with E-state index in [1.807, 2.05) is 11.8 Å². The molecule has 1 aliphatic carbocycles. The maximum absolute atomic E-state index is 11.8. The molecule has 2 atom stereocenters. The third-order valence-electron chi connectivity index (χ3n) is 3.95. The fourth-order valence-corrected chi connectivity index (χ4v) is 4.38. The van der Waals surface area contributed by atoms with E-state index in [0.717, 1.165) is 12.8 Å². The Bertz CT molecular complexity index is 416. The molecule has 6 heteroatoms. The topological polar surface area (TPSA) is 74.7 Å². The highest BCUT2D eigenvalue weighted by atomic mass is 32.2. The molecule has 1 saturated carbocycles. The van der Waals surface area contributed by atoms with Gasteiger partial charge < -0.3 is 5.11 Å². The van der Waals surface area contributed by atoms with Crippen molar-refractivity contribution in [3.8, 4) is 0 Å². The third-order valence-corrected chi connectivity index (χ3v) is 5.60. The van der Waals surface area contributed by atoms with Gasteiger partial charge in [-0.2, -0.15) is 0 Å². The summed E-state index contributed by atoms with van der Waals surface area (Å²) in [7, 11) is -3.13. The Morgan fingerprint density at radius 1 is 1.39 bits per heavy atom. The standard InChI is InChI=1S/C12H23NO4S/c1-5-13(12(2,3)11(14)15)9-7-6-8-10(9)18(4,16)17/h9-10H,5-8H2,1-4H3,(H,14,15). The van der Waals surface area contributed by atoms with Gasteiger partial charge in [0.2, 0.25) is 0 Å². The molecular formula is C12H23NO4S. The second-order valence-electron chi connectivity index (χ2n) is 5.52. The van der Waals surface area contributed by atoms with Crippen molar-refractivity contribution >= 4 is 15.8 Å². The monoisotopic (exact) mass is 277 g/mol. The molecular weight excluding hydrogens is 254 g/mol. The van der Waals surface area contributed by atoms with E-state index in [0.29, 0.717) is 13.0 Å². The van der Waals surface area contributed by atoms with Crippen molar-refractivity contribution in [1.82, 2.24) is 4.90 Å². The molecule has 0 heterocycles. The number of carbonyl (C=O) groups is 1. The minimum absolute atomic E-state index is 0.184. The van der Waals surface area contributed by atoms with Gasteiger partial charge in [0.05, 0.1) is 5.25 Å². The largest absolute Gasteiger partial charge is 0.480 e. The minimum Gasteiger partial charge on any atom is -0.480 e. The summed E-state index contributed by atoms with van der Waals surface area (Å²) in [6, 6.07) is -0.184. The Hall–Kier alpha value is -0.620. The van der Waals surface area contributed by atoms with E-state index in [1.54, 1.807) is 13.8 Å². The molecule has 1 aliphatic rings. The smallest absolute Gasteiger partial charge is 0.323 e. The molecule has 0 aromatic carbocycles. The van der Waals surface area contributed by atoms with Gasteiger partial charge in [-0.1, -0.05) is 13.3 Å². The van der Waals surface area contributed by atoms with E-state index in [9.17, 15) is 18.3 Å². The van der Waals surface area contributed by atoms with E-state index in [4.69, 9.17) is 0 Å². The van der Waals surface area contributed by atoms with Gasteiger partial charge in [0, 0.05) is 12.3 Å². The summed E-state index contributed by atoms with van der Waals surface area (Å²) in [5.74, 6) is -0.913. The predicted octanol–water partition coefficient (Wildman–Crippen LogP) is 1.14. The first kappa shape index (κ1) is 15.4. The molecule has 1 rings (SSSR count). The van der Waals surface area contributed by atoms with Crippen LogP contribution in [-0.2, 0) is 14.6 Å². The number of rotatable bonds is 5. The molecule has 0 aromatic rings. The average molecular weight is 277 g/mol. The zero-order valence-electron chi connectivity index (χ0n) is 11.5. The Balaban J connectivity index is 3.06. The molecule has 0 amide bonds. The summed E-state index contributed by atoms with van der Waals surface area (Å²) in [6.07, 6.45) is 3.48. The van der Waals surface area contributed by atoms with Crippen LogP contribution in [0.5, 0.6) is 0 Å². The maximum atomic E-state index is 11.8. The van der Waals surface area contributed by atoms with Gasteiger partial charge in [-0.05, 0) is 33.2 Å². The van der Waals surface area contributed by atoms with Crippen molar-refractivity contribution in [1.29, 1.82) is 0 Å². The SMILES string of the molecule is CCN(C1CCCC1S(C)(=O)=O)C(C)(C)C(=O)O. The fraction of sp³-hybridized carbons (Fsp3) is 0.917. The minimum atomic E-state index is -3.13. The number of carboxylic acid groups (broad SMARTS) is 1. The molecule has 0 spiro atoms. The van der Waals surface area contributed by atoms with E-state index < -0.39 is 26.6 Å². The second kappa shape index (κ2) is 5.17. The van der Waals surface area contributed by atoms with Crippen LogP contribution in [0, 0.1) is 0 Å². The highest BCUT2D eigenvalue weighted by Crippen LogP contribution is 2.33. The van der Waals surface area contributed by atoms with Crippen LogP contribution >= 0.6 is 0 Å². The molecule has 0 saturated heterocycles. The maximum Gasteiger partial charge on any atom is 0.323 e. The van der Waals surface area contributed by atoms with Crippen LogP contribution in [0.4, 0.5) is 0 Å². The molecule has 1 N–H and O–H groups in total. The Labute approximate surface area is 109 Å². The van der Waals surface area contributed by atoms with Crippen molar-refractivity contribution in [2.75, 3.05) is 12.8 Å². The fourth-order valence-electron chi connectivity index (χ4n) is 2.93. The average Bonchev–Trinajstić information content (AvgIpc) is 2.66. The summed E-state index contributed by atoms with van der Waals surface area (Å²) >= 11 is 0. The molecule has 18 heavy (non-hydrogen) atoms. The summed E-state index contributed by atoms with van der Waals surface area (Å²) in [5, 5.41) is 8.87. The van der Waals surface area contributed by atoms with Crippen LogP contribution in [0.25, 0.3) is 0 Å². The van der Waals surface area contributed by atoms with Gasteiger partial charge >= 0.3 is 5.97 Å². The van der Waals surface area contributed by atoms with Crippen molar-refractivity contribution < 1.29 is 18.3 Å². The number of nitrogens with zero attached hydrogens (tertiary/aromatic N) is 1. The molecule has 5 nitrogen and oxygen atoms in total. The highest BCUT2D eigenvalue weighted by Gasteiger charge is 2.45. The van der Waals surface area contributed by atoms with Crippen molar-refractivity contribution in [3.05, 3.63) is 0 Å². The number of aliphatic carboxylic acids is 1. The molecule has 0 aliphatic heterocycles. The number of hydrogen-bond donors (Lipinski definition) is 1. The lowest BCUT2D eigenvalue weighted by atomic mass is 9.99. The third kappa shape index (κ3) is 2.85. The number of hydrogen-bond acceptors (Lipinski definition) is 4. The van der Waals surface area contributed by atoms with E-state index in [1.165, 1.54) is 6.26 Å². The Morgan fingerprint density at radius 3 is 2.33 bits per heavy atom. The van der Waals surface area contributed by atoms with Gasteiger partial charge in [-0.25, -0.2) is 8.42 Å². The zero-order chi connectivity index (χ0) is 14.1.